The van der Waals surface area contributed by atoms with Crippen molar-refractivity contribution in [2.24, 2.45) is 0 Å². The maximum absolute atomic E-state index is 13.9. The van der Waals surface area contributed by atoms with E-state index in [1.165, 1.54) is 0 Å². The smallest absolute Gasteiger partial charge is 0.194 e. The van der Waals surface area contributed by atoms with E-state index >= 15 is 0 Å². The van der Waals surface area contributed by atoms with Crippen LogP contribution in [0.25, 0.3) is 22.3 Å². The molecule has 0 atom stereocenters. The Morgan fingerprint density at radius 1 is 0.382 bits per heavy atom. The van der Waals surface area contributed by atoms with Gasteiger partial charge in [-0.1, -0.05) is 133 Å². The summed E-state index contributed by atoms with van der Waals surface area (Å²) in [4.78, 5) is 27.5. The van der Waals surface area contributed by atoms with Crippen LogP contribution in [0.4, 0.5) is 0 Å². The van der Waals surface area contributed by atoms with Crippen molar-refractivity contribution in [3.05, 3.63) is 156 Å². The molecule has 162 valence electrons. The Balaban J connectivity index is 1.77. The van der Waals surface area contributed by atoms with E-state index < -0.39 is 0 Å². The molecule has 0 N–H and O–H groups in total. The zero-order chi connectivity index (χ0) is 23.3. The zero-order valence-electron chi connectivity index (χ0n) is 18.5. The summed E-state index contributed by atoms with van der Waals surface area (Å²) in [6, 6.07) is 41.9. The van der Waals surface area contributed by atoms with Gasteiger partial charge >= 0.3 is 0 Å². The van der Waals surface area contributed by atoms with Gasteiger partial charge in [0.1, 0.15) is 0 Å². The second-order valence-corrected chi connectivity index (χ2v) is 8.03. The summed E-state index contributed by atoms with van der Waals surface area (Å²) in [6.07, 6.45) is 0. The molecule has 2 heteroatoms. The predicted octanol–water partition coefficient (Wildman–Crippen LogP) is 7.48. The van der Waals surface area contributed by atoms with Gasteiger partial charge in [0.15, 0.2) is 11.6 Å². The highest BCUT2D eigenvalue weighted by Gasteiger charge is 2.24. The normalized spacial score (nSPS) is 10.6. The van der Waals surface area contributed by atoms with Crippen LogP contribution in [0.5, 0.6) is 0 Å². The van der Waals surface area contributed by atoms with Crippen LogP contribution in [-0.4, -0.2) is 11.6 Å². The molecule has 0 amide bonds. The molecule has 0 saturated heterocycles. The predicted molar refractivity (Wildman–Crippen MR) is 137 cm³/mol. The van der Waals surface area contributed by atoms with Crippen molar-refractivity contribution >= 4 is 11.6 Å². The van der Waals surface area contributed by atoms with E-state index in [2.05, 4.69) is 12.1 Å². The third-order valence-corrected chi connectivity index (χ3v) is 5.91. The average Bonchev–Trinajstić information content (AvgIpc) is 2.93. The topological polar surface area (TPSA) is 34.1 Å². The van der Waals surface area contributed by atoms with Crippen LogP contribution in [-0.2, 0) is 0 Å². The van der Waals surface area contributed by atoms with E-state index in [1.54, 1.807) is 30.3 Å². The van der Waals surface area contributed by atoms with Crippen LogP contribution in [0, 0.1) is 0 Å². The van der Waals surface area contributed by atoms with Crippen LogP contribution in [0.15, 0.2) is 133 Å². The summed E-state index contributed by atoms with van der Waals surface area (Å²) in [6.45, 7) is 0. The Hall–Kier alpha value is -4.56. The lowest BCUT2D eigenvalue weighted by Crippen LogP contribution is -2.13. The number of carbonyl (C=O) groups excluding carboxylic acids is 2. The summed E-state index contributed by atoms with van der Waals surface area (Å²) in [7, 11) is 0. The highest BCUT2D eigenvalue weighted by atomic mass is 16.1. The first-order valence-corrected chi connectivity index (χ1v) is 11.2. The summed E-state index contributed by atoms with van der Waals surface area (Å²) in [5, 5.41) is 0. The molecule has 0 aliphatic carbocycles. The molecule has 0 aliphatic rings. The van der Waals surface area contributed by atoms with Gasteiger partial charge in [-0.25, -0.2) is 0 Å². The van der Waals surface area contributed by atoms with Crippen molar-refractivity contribution in [3.63, 3.8) is 0 Å². The second-order valence-electron chi connectivity index (χ2n) is 8.03. The zero-order valence-corrected chi connectivity index (χ0v) is 18.5. The standard InChI is InChI=1S/C32H22O2/c33-31(24-15-6-2-7-16-24)29-22-12-21-28(30(29)32(34)25-17-8-3-9-18-25)27-20-11-10-19-26(27)23-13-4-1-5-14-23/h1-22H. The molecule has 0 radical (unpaired) electrons. The summed E-state index contributed by atoms with van der Waals surface area (Å²) < 4.78 is 0. The molecule has 0 spiro atoms. The third kappa shape index (κ3) is 4.10. The van der Waals surface area contributed by atoms with Crippen molar-refractivity contribution in [2.45, 2.75) is 0 Å². The first-order valence-electron chi connectivity index (χ1n) is 11.2. The molecule has 34 heavy (non-hydrogen) atoms. The van der Waals surface area contributed by atoms with Crippen molar-refractivity contribution in [3.8, 4) is 22.3 Å². The summed E-state index contributed by atoms with van der Waals surface area (Å²) in [5.74, 6) is -0.336. The number of ketones is 2. The maximum Gasteiger partial charge on any atom is 0.194 e. The maximum atomic E-state index is 13.9. The number of hydrogen-bond acceptors (Lipinski definition) is 2. The van der Waals surface area contributed by atoms with Crippen molar-refractivity contribution < 1.29 is 9.59 Å². The van der Waals surface area contributed by atoms with Gasteiger partial charge in [0.2, 0.25) is 0 Å². The van der Waals surface area contributed by atoms with Gasteiger partial charge in [0.25, 0.3) is 0 Å². The molecule has 0 bridgehead atoms. The van der Waals surface area contributed by atoms with Crippen LogP contribution in [0.3, 0.4) is 0 Å². The first-order chi connectivity index (χ1) is 16.7. The number of hydrogen-bond donors (Lipinski definition) is 0. The van der Waals surface area contributed by atoms with E-state index in [4.69, 9.17) is 0 Å². The van der Waals surface area contributed by atoms with E-state index in [9.17, 15) is 9.59 Å². The molecule has 5 rings (SSSR count). The Kier molecular flexibility index (Phi) is 5.96. The Morgan fingerprint density at radius 3 is 1.47 bits per heavy atom. The minimum atomic E-state index is -0.168. The fraction of sp³-hybridized carbons (Fsp3) is 0. The number of carbonyl (C=O) groups is 2. The molecule has 0 aliphatic heterocycles. The molecule has 0 fully saturated rings. The van der Waals surface area contributed by atoms with Gasteiger partial charge in [0, 0.05) is 22.3 Å². The second kappa shape index (κ2) is 9.51. The highest BCUT2D eigenvalue weighted by molar-refractivity contribution is 6.22. The molecule has 0 aromatic heterocycles. The van der Waals surface area contributed by atoms with E-state index in [0.29, 0.717) is 22.3 Å². The number of benzene rings is 5. The summed E-state index contributed by atoms with van der Waals surface area (Å²) in [5.41, 5.74) is 5.65. The number of rotatable bonds is 6. The van der Waals surface area contributed by atoms with Crippen molar-refractivity contribution in [2.75, 3.05) is 0 Å². The molecule has 0 unspecified atom stereocenters. The molecule has 5 aromatic carbocycles. The van der Waals surface area contributed by atoms with Gasteiger partial charge in [-0.3, -0.25) is 9.59 Å². The monoisotopic (exact) mass is 438 g/mol. The highest BCUT2D eigenvalue weighted by Crippen LogP contribution is 2.36. The van der Waals surface area contributed by atoms with Crippen LogP contribution in [0.1, 0.15) is 31.8 Å². The molecule has 2 nitrogen and oxygen atoms in total. The van der Waals surface area contributed by atoms with E-state index in [0.717, 1.165) is 22.3 Å². The van der Waals surface area contributed by atoms with E-state index in [1.807, 2.05) is 91.0 Å². The minimum Gasteiger partial charge on any atom is -0.289 e. The third-order valence-electron chi connectivity index (χ3n) is 5.91. The molecule has 0 saturated carbocycles. The van der Waals surface area contributed by atoms with Gasteiger partial charge < -0.3 is 0 Å². The van der Waals surface area contributed by atoms with E-state index in [-0.39, 0.29) is 11.6 Å². The fourth-order valence-corrected chi connectivity index (χ4v) is 4.28. The lowest BCUT2D eigenvalue weighted by Gasteiger charge is -2.17. The molecule has 5 aromatic rings. The summed E-state index contributed by atoms with van der Waals surface area (Å²) >= 11 is 0. The first kappa shape index (κ1) is 21.3. The average molecular weight is 439 g/mol. The molecule has 0 heterocycles. The molecular weight excluding hydrogens is 416 g/mol. The fourth-order valence-electron chi connectivity index (χ4n) is 4.28. The van der Waals surface area contributed by atoms with Gasteiger partial charge in [-0.05, 0) is 22.3 Å². The largest absolute Gasteiger partial charge is 0.289 e. The van der Waals surface area contributed by atoms with Crippen LogP contribution >= 0.6 is 0 Å². The van der Waals surface area contributed by atoms with Crippen LogP contribution in [0.2, 0.25) is 0 Å². The van der Waals surface area contributed by atoms with Crippen LogP contribution < -0.4 is 0 Å². The Morgan fingerprint density at radius 2 is 0.853 bits per heavy atom. The Labute approximate surface area is 199 Å². The minimum absolute atomic E-state index is 0.168. The quantitative estimate of drug-likeness (QED) is 0.258. The van der Waals surface area contributed by atoms with Gasteiger partial charge in [0.05, 0.1) is 0 Å². The van der Waals surface area contributed by atoms with Crippen molar-refractivity contribution in [1.29, 1.82) is 0 Å². The van der Waals surface area contributed by atoms with Crippen molar-refractivity contribution in [1.82, 2.24) is 0 Å². The lowest BCUT2D eigenvalue weighted by molar-refractivity contribution is 0.100. The van der Waals surface area contributed by atoms with Gasteiger partial charge in [-0.15, -0.1) is 0 Å². The lowest BCUT2D eigenvalue weighted by atomic mass is 9.85. The van der Waals surface area contributed by atoms with Gasteiger partial charge in [-0.2, -0.15) is 0 Å². The molecular formula is C32H22O2. The SMILES string of the molecule is O=C(c1ccccc1)c1cccc(-c2ccccc2-c2ccccc2)c1C(=O)c1ccccc1. The Bertz CT molecular complexity index is 1450.